The zero-order valence-electron chi connectivity index (χ0n) is 9.63. The largest absolute Gasteiger partial charge is 0.464 e. The summed E-state index contributed by atoms with van der Waals surface area (Å²) in [6.45, 7) is 0.435. The second-order valence-corrected chi connectivity index (χ2v) is 3.97. The molecule has 0 radical (unpaired) electrons. The highest BCUT2D eigenvalue weighted by atomic mass is 16.3. The first-order chi connectivity index (χ1) is 8.79. The van der Waals surface area contributed by atoms with E-state index < -0.39 is 0 Å². The maximum absolute atomic E-state index is 5.84. The fourth-order valence-corrected chi connectivity index (χ4v) is 1.97. The van der Waals surface area contributed by atoms with E-state index >= 15 is 0 Å². The molecule has 0 amide bonds. The van der Waals surface area contributed by atoms with Crippen molar-refractivity contribution in [2.24, 2.45) is 5.73 Å². The molecule has 3 aromatic rings. The van der Waals surface area contributed by atoms with Crippen molar-refractivity contribution in [2.45, 2.75) is 6.54 Å². The molecule has 0 saturated heterocycles. The van der Waals surface area contributed by atoms with Crippen molar-refractivity contribution in [3.8, 4) is 11.3 Å². The maximum atomic E-state index is 5.84. The molecule has 0 saturated carbocycles. The standard InChI is InChI=1S/C13H12N4O/c14-6-9-3-4-18-12(9)8-1-2-11-10(5-8)13(15)17-7-16-11/h1-5,7H,6,14H2,(H2,15,16,17). The minimum Gasteiger partial charge on any atom is -0.464 e. The number of nitrogen functional groups attached to an aromatic ring is 1. The van der Waals surface area contributed by atoms with E-state index in [1.165, 1.54) is 6.33 Å². The summed E-state index contributed by atoms with van der Waals surface area (Å²) in [7, 11) is 0. The van der Waals surface area contributed by atoms with Crippen LogP contribution in [0.3, 0.4) is 0 Å². The molecule has 5 nitrogen and oxygen atoms in total. The maximum Gasteiger partial charge on any atom is 0.138 e. The van der Waals surface area contributed by atoms with E-state index in [0.29, 0.717) is 12.4 Å². The van der Waals surface area contributed by atoms with Gasteiger partial charge in [-0.3, -0.25) is 0 Å². The van der Waals surface area contributed by atoms with Gasteiger partial charge in [-0.25, -0.2) is 9.97 Å². The molecule has 18 heavy (non-hydrogen) atoms. The van der Waals surface area contributed by atoms with E-state index in [-0.39, 0.29) is 0 Å². The molecule has 0 aliphatic carbocycles. The van der Waals surface area contributed by atoms with Gasteiger partial charge in [-0.1, -0.05) is 0 Å². The van der Waals surface area contributed by atoms with Gasteiger partial charge in [-0.2, -0.15) is 0 Å². The SMILES string of the molecule is NCc1ccoc1-c1ccc2ncnc(N)c2c1. The zero-order chi connectivity index (χ0) is 12.5. The van der Waals surface area contributed by atoms with Crippen molar-refractivity contribution in [1.82, 2.24) is 9.97 Å². The molecule has 90 valence electrons. The summed E-state index contributed by atoms with van der Waals surface area (Å²) in [5.41, 5.74) is 14.2. The van der Waals surface area contributed by atoms with Crippen LogP contribution in [0.1, 0.15) is 5.56 Å². The van der Waals surface area contributed by atoms with Crippen LogP contribution in [0.5, 0.6) is 0 Å². The number of aromatic nitrogens is 2. The Kier molecular flexibility index (Phi) is 2.46. The van der Waals surface area contributed by atoms with Gasteiger partial charge < -0.3 is 15.9 Å². The van der Waals surface area contributed by atoms with Crippen molar-refractivity contribution in [2.75, 3.05) is 5.73 Å². The number of furan rings is 1. The minimum atomic E-state index is 0.435. The molecule has 5 heteroatoms. The van der Waals surface area contributed by atoms with Gasteiger partial charge in [0.2, 0.25) is 0 Å². The van der Waals surface area contributed by atoms with Gasteiger partial charge >= 0.3 is 0 Å². The minimum absolute atomic E-state index is 0.435. The Labute approximate surface area is 103 Å². The Morgan fingerprint density at radius 2 is 2.06 bits per heavy atom. The van der Waals surface area contributed by atoms with Gasteiger partial charge in [0.1, 0.15) is 17.9 Å². The van der Waals surface area contributed by atoms with E-state index in [0.717, 1.165) is 27.8 Å². The summed E-state index contributed by atoms with van der Waals surface area (Å²) in [6, 6.07) is 7.62. The van der Waals surface area contributed by atoms with Crippen molar-refractivity contribution in [3.05, 3.63) is 42.4 Å². The van der Waals surface area contributed by atoms with Crippen LogP contribution in [0.25, 0.3) is 22.2 Å². The second kappa shape index (κ2) is 4.12. The van der Waals surface area contributed by atoms with Crippen LogP contribution in [0, 0.1) is 0 Å². The molecule has 4 N–H and O–H groups in total. The van der Waals surface area contributed by atoms with Crippen LogP contribution in [0.2, 0.25) is 0 Å². The highest BCUT2D eigenvalue weighted by Crippen LogP contribution is 2.28. The fraction of sp³-hybridized carbons (Fsp3) is 0.0769. The average Bonchev–Trinajstić information content (AvgIpc) is 2.87. The molecule has 0 aliphatic rings. The van der Waals surface area contributed by atoms with Crippen LogP contribution in [-0.4, -0.2) is 9.97 Å². The normalized spacial score (nSPS) is 10.9. The predicted molar refractivity (Wildman–Crippen MR) is 69.5 cm³/mol. The molecule has 2 aromatic heterocycles. The van der Waals surface area contributed by atoms with E-state index in [1.807, 2.05) is 24.3 Å². The van der Waals surface area contributed by atoms with Crippen LogP contribution >= 0.6 is 0 Å². The van der Waals surface area contributed by atoms with Crippen LogP contribution < -0.4 is 11.5 Å². The Hall–Kier alpha value is -2.40. The first kappa shape index (κ1) is 10.7. The Morgan fingerprint density at radius 1 is 1.17 bits per heavy atom. The van der Waals surface area contributed by atoms with Crippen LogP contribution in [0.15, 0.2) is 41.3 Å². The first-order valence-electron chi connectivity index (χ1n) is 5.56. The molecule has 0 fully saturated rings. The number of rotatable bonds is 2. The molecule has 0 bridgehead atoms. The lowest BCUT2D eigenvalue weighted by atomic mass is 10.1. The number of fused-ring (bicyclic) bond motifs is 1. The Morgan fingerprint density at radius 3 is 2.89 bits per heavy atom. The Bertz CT molecular complexity index is 705. The number of nitrogens with zero attached hydrogens (tertiary/aromatic N) is 2. The lowest BCUT2D eigenvalue weighted by Gasteiger charge is -2.04. The second-order valence-electron chi connectivity index (χ2n) is 3.97. The van der Waals surface area contributed by atoms with Gasteiger partial charge in [0, 0.05) is 23.1 Å². The monoisotopic (exact) mass is 240 g/mol. The van der Waals surface area contributed by atoms with Crippen molar-refractivity contribution >= 4 is 16.7 Å². The lowest BCUT2D eigenvalue weighted by molar-refractivity contribution is 0.579. The number of benzene rings is 1. The number of anilines is 1. The van der Waals surface area contributed by atoms with Crippen molar-refractivity contribution in [1.29, 1.82) is 0 Å². The average molecular weight is 240 g/mol. The van der Waals surface area contributed by atoms with Crippen LogP contribution in [-0.2, 0) is 6.54 Å². The quantitative estimate of drug-likeness (QED) is 0.714. The predicted octanol–water partition coefficient (Wildman–Crippen LogP) is 1.93. The molecule has 0 aliphatic heterocycles. The van der Waals surface area contributed by atoms with Gasteiger partial charge in [0.15, 0.2) is 0 Å². The van der Waals surface area contributed by atoms with E-state index in [2.05, 4.69) is 9.97 Å². The molecule has 0 spiro atoms. The summed E-state index contributed by atoms with van der Waals surface area (Å²) < 4.78 is 5.47. The highest BCUT2D eigenvalue weighted by Gasteiger charge is 2.09. The summed E-state index contributed by atoms with van der Waals surface area (Å²) >= 11 is 0. The van der Waals surface area contributed by atoms with Gasteiger partial charge in [0.25, 0.3) is 0 Å². The summed E-state index contributed by atoms with van der Waals surface area (Å²) in [5, 5.41) is 0.814. The molecule has 1 aromatic carbocycles. The third-order valence-electron chi connectivity index (χ3n) is 2.90. The Balaban J connectivity index is 2.22. The molecule has 3 rings (SSSR count). The summed E-state index contributed by atoms with van der Waals surface area (Å²) in [4.78, 5) is 8.14. The van der Waals surface area contributed by atoms with Gasteiger partial charge in [-0.15, -0.1) is 0 Å². The van der Waals surface area contributed by atoms with Crippen molar-refractivity contribution in [3.63, 3.8) is 0 Å². The van der Waals surface area contributed by atoms with E-state index in [9.17, 15) is 0 Å². The van der Waals surface area contributed by atoms with E-state index in [4.69, 9.17) is 15.9 Å². The molecular formula is C13H12N4O. The summed E-state index contributed by atoms with van der Waals surface area (Å²) in [6.07, 6.45) is 3.09. The van der Waals surface area contributed by atoms with E-state index in [1.54, 1.807) is 6.26 Å². The third-order valence-corrected chi connectivity index (χ3v) is 2.90. The third kappa shape index (κ3) is 1.61. The number of hydrogen-bond donors (Lipinski definition) is 2. The zero-order valence-corrected chi connectivity index (χ0v) is 9.63. The van der Waals surface area contributed by atoms with Gasteiger partial charge in [-0.05, 0) is 24.3 Å². The lowest BCUT2D eigenvalue weighted by Crippen LogP contribution is -1.96. The van der Waals surface area contributed by atoms with Crippen molar-refractivity contribution < 1.29 is 4.42 Å². The number of hydrogen-bond acceptors (Lipinski definition) is 5. The molecule has 0 unspecified atom stereocenters. The molecular weight excluding hydrogens is 228 g/mol. The molecule has 0 atom stereocenters. The summed E-state index contributed by atoms with van der Waals surface area (Å²) in [5.74, 6) is 1.23. The van der Waals surface area contributed by atoms with Gasteiger partial charge in [0.05, 0.1) is 11.8 Å². The van der Waals surface area contributed by atoms with Crippen LogP contribution in [0.4, 0.5) is 5.82 Å². The highest BCUT2D eigenvalue weighted by molar-refractivity contribution is 5.91. The smallest absolute Gasteiger partial charge is 0.138 e. The number of nitrogens with two attached hydrogens (primary N) is 2. The topological polar surface area (TPSA) is 91.0 Å². The fourth-order valence-electron chi connectivity index (χ4n) is 1.97. The first-order valence-corrected chi connectivity index (χ1v) is 5.56. The molecule has 2 heterocycles.